The topological polar surface area (TPSA) is 37.3 Å². The molecular weight excluding hydrogens is 244 g/mol. The van der Waals surface area contributed by atoms with E-state index in [1.54, 1.807) is 17.8 Å². The lowest BCUT2D eigenvalue weighted by Gasteiger charge is -2.10. The van der Waals surface area contributed by atoms with Gasteiger partial charge in [0.15, 0.2) is 0 Å². The first-order valence-electron chi connectivity index (χ1n) is 5.97. The number of hydrogen-bond donors (Lipinski definition) is 1. The van der Waals surface area contributed by atoms with Crippen LogP contribution in [0.3, 0.4) is 0 Å². The van der Waals surface area contributed by atoms with Crippen LogP contribution in [0.1, 0.15) is 24.2 Å². The first kappa shape index (κ1) is 13.0. The molecule has 0 heterocycles. The fourth-order valence-corrected chi connectivity index (χ4v) is 2.85. The zero-order valence-electron chi connectivity index (χ0n) is 10.5. The Labute approximate surface area is 111 Å². The molecule has 0 atom stereocenters. The van der Waals surface area contributed by atoms with Crippen LogP contribution in [0.25, 0.3) is 10.8 Å². The average Bonchev–Trinajstić information content (AvgIpc) is 2.35. The Hall–Kier alpha value is -1.48. The Balaban J connectivity index is 2.50. The quantitative estimate of drug-likeness (QED) is 0.833. The third-order valence-electron chi connectivity index (χ3n) is 2.69. The molecule has 0 spiro atoms. The van der Waals surface area contributed by atoms with Crippen LogP contribution in [0.15, 0.2) is 41.3 Å². The van der Waals surface area contributed by atoms with Gasteiger partial charge in [-0.3, -0.25) is 0 Å². The number of carboxylic acid groups (broad SMARTS) is 1. The van der Waals surface area contributed by atoms with Crippen molar-refractivity contribution in [1.82, 2.24) is 0 Å². The van der Waals surface area contributed by atoms with Crippen molar-refractivity contribution in [3.63, 3.8) is 0 Å². The van der Waals surface area contributed by atoms with Gasteiger partial charge in [-0.25, -0.2) is 4.79 Å². The van der Waals surface area contributed by atoms with Gasteiger partial charge in [-0.1, -0.05) is 38.1 Å². The summed E-state index contributed by atoms with van der Waals surface area (Å²) in [5, 5.41) is 11.0. The maximum atomic E-state index is 11.2. The summed E-state index contributed by atoms with van der Waals surface area (Å²) in [5.41, 5.74) is 0.375. The van der Waals surface area contributed by atoms with Crippen LogP contribution in [0.4, 0.5) is 0 Å². The van der Waals surface area contributed by atoms with Crippen molar-refractivity contribution < 1.29 is 9.90 Å². The Bertz CT molecular complexity index is 576. The van der Waals surface area contributed by atoms with Gasteiger partial charge in [0.25, 0.3) is 0 Å². The van der Waals surface area contributed by atoms with Crippen molar-refractivity contribution in [1.29, 1.82) is 0 Å². The molecule has 0 saturated carbocycles. The highest BCUT2D eigenvalue weighted by atomic mass is 32.2. The monoisotopic (exact) mass is 260 g/mol. The minimum atomic E-state index is -0.869. The third kappa shape index (κ3) is 2.67. The van der Waals surface area contributed by atoms with E-state index >= 15 is 0 Å². The summed E-state index contributed by atoms with van der Waals surface area (Å²) in [6, 6.07) is 11.3. The molecule has 2 aromatic carbocycles. The number of benzene rings is 2. The van der Waals surface area contributed by atoms with Crippen molar-refractivity contribution in [3.8, 4) is 0 Å². The van der Waals surface area contributed by atoms with Gasteiger partial charge in [0, 0.05) is 10.6 Å². The van der Waals surface area contributed by atoms with E-state index in [1.807, 2.05) is 30.3 Å². The minimum absolute atomic E-state index is 0.375. The maximum absolute atomic E-state index is 11.2. The highest BCUT2D eigenvalue weighted by Gasteiger charge is 2.11. The van der Waals surface area contributed by atoms with Gasteiger partial charge in [0.05, 0.1) is 5.56 Å². The molecule has 0 saturated heterocycles. The molecule has 1 N–H and O–H groups in total. The molecule has 2 aromatic rings. The second-order valence-electron chi connectivity index (χ2n) is 4.67. The van der Waals surface area contributed by atoms with E-state index in [9.17, 15) is 9.90 Å². The summed E-state index contributed by atoms with van der Waals surface area (Å²) in [4.78, 5) is 12.3. The first-order chi connectivity index (χ1) is 8.59. The van der Waals surface area contributed by atoms with E-state index in [0.29, 0.717) is 11.5 Å². The Kier molecular flexibility index (Phi) is 3.92. The van der Waals surface area contributed by atoms with Crippen molar-refractivity contribution >= 4 is 28.5 Å². The highest BCUT2D eigenvalue weighted by molar-refractivity contribution is 7.99. The second kappa shape index (κ2) is 5.44. The molecule has 0 fully saturated rings. The predicted molar refractivity (Wildman–Crippen MR) is 76.5 cm³/mol. The molecule has 3 heteroatoms. The van der Waals surface area contributed by atoms with Crippen LogP contribution < -0.4 is 0 Å². The normalized spacial score (nSPS) is 11.1. The molecule has 94 valence electrons. The summed E-state index contributed by atoms with van der Waals surface area (Å²) < 4.78 is 0. The maximum Gasteiger partial charge on any atom is 0.336 e. The number of rotatable bonds is 4. The van der Waals surface area contributed by atoms with E-state index in [-0.39, 0.29) is 0 Å². The zero-order valence-corrected chi connectivity index (χ0v) is 11.3. The molecule has 2 rings (SSSR count). The summed E-state index contributed by atoms with van der Waals surface area (Å²) >= 11 is 1.79. The van der Waals surface area contributed by atoms with E-state index < -0.39 is 5.97 Å². The van der Waals surface area contributed by atoms with Crippen molar-refractivity contribution in [3.05, 3.63) is 42.0 Å². The molecule has 0 radical (unpaired) electrons. The molecule has 0 aromatic heterocycles. The van der Waals surface area contributed by atoms with Crippen LogP contribution in [0.5, 0.6) is 0 Å². The fourth-order valence-electron chi connectivity index (χ4n) is 1.84. The van der Waals surface area contributed by atoms with Crippen LogP contribution in [-0.2, 0) is 0 Å². The van der Waals surface area contributed by atoms with E-state index in [4.69, 9.17) is 0 Å². The van der Waals surface area contributed by atoms with Crippen LogP contribution in [0, 0.1) is 5.92 Å². The summed E-state index contributed by atoms with van der Waals surface area (Å²) in [6.07, 6.45) is 0. The molecular formula is C15H16O2S. The SMILES string of the molecule is CC(C)CSc1ccc(C(=O)O)c2ccccc12. The molecule has 0 unspecified atom stereocenters. The van der Waals surface area contributed by atoms with Gasteiger partial charge in [0.2, 0.25) is 0 Å². The number of fused-ring (bicyclic) bond motifs is 1. The molecule has 0 aliphatic carbocycles. The van der Waals surface area contributed by atoms with E-state index in [1.165, 1.54) is 0 Å². The number of carbonyl (C=O) groups is 1. The molecule has 0 aliphatic heterocycles. The van der Waals surface area contributed by atoms with E-state index in [2.05, 4.69) is 13.8 Å². The summed E-state index contributed by atoms with van der Waals surface area (Å²) in [7, 11) is 0. The van der Waals surface area contributed by atoms with Crippen LogP contribution in [0.2, 0.25) is 0 Å². The first-order valence-corrected chi connectivity index (χ1v) is 6.96. The van der Waals surface area contributed by atoms with Crippen molar-refractivity contribution in [2.75, 3.05) is 5.75 Å². The molecule has 18 heavy (non-hydrogen) atoms. The molecule has 2 nitrogen and oxygen atoms in total. The lowest BCUT2D eigenvalue weighted by atomic mass is 10.0. The van der Waals surface area contributed by atoms with Gasteiger partial charge in [-0.05, 0) is 28.8 Å². The second-order valence-corrected chi connectivity index (χ2v) is 5.73. The fraction of sp³-hybridized carbons (Fsp3) is 0.267. The Morgan fingerprint density at radius 3 is 2.44 bits per heavy atom. The Morgan fingerprint density at radius 1 is 1.17 bits per heavy atom. The zero-order chi connectivity index (χ0) is 13.1. The lowest BCUT2D eigenvalue weighted by molar-refractivity contribution is 0.0699. The smallest absolute Gasteiger partial charge is 0.336 e. The van der Waals surface area contributed by atoms with Gasteiger partial charge in [0.1, 0.15) is 0 Å². The van der Waals surface area contributed by atoms with E-state index in [0.717, 1.165) is 21.4 Å². The number of hydrogen-bond acceptors (Lipinski definition) is 2. The van der Waals surface area contributed by atoms with Crippen LogP contribution >= 0.6 is 11.8 Å². The third-order valence-corrected chi connectivity index (χ3v) is 4.19. The van der Waals surface area contributed by atoms with Gasteiger partial charge < -0.3 is 5.11 Å². The number of carboxylic acids is 1. The molecule has 0 amide bonds. The molecule has 0 bridgehead atoms. The van der Waals surface area contributed by atoms with Gasteiger partial charge >= 0.3 is 5.97 Å². The van der Waals surface area contributed by atoms with Gasteiger partial charge in [-0.2, -0.15) is 0 Å². The van der Waals surface area contributed by atoms with Gasteiger partial charge in [-0.15, -0.1) is 11.8 Å². The number of thioether (sulfide) groups is 1. The average molecular weight is 260 g/mol. The Morgan fingerprint density at radius 2 is 1.83 bits per heavy atom. The minimum Gasteiger partial charge on any atom is -0.478 e. The van der Waals surface area contributed by atoms with Crippen molar-refractivity contribution in [2.24, 2.45) is 5.92 Å². The van der Waals surface area contributed by atoms with Crippen LogP contribution in [-0.4, -0.2) is 16.8 Å². The summed E-state index contributed by atoms with van der Waals surface area (Å²) in [6.45, 7) is 4.36. The highest BCUT2D eigenvalue weighted by Crippen LogP contribution is 2.31. The lowest BCUT2D eigenvalue weighted by Crippen LogP contribution is -1.98. The predicted octanol–water partition coefficient (Wildman–Crippen LogP) is 4.29. The number of aromatic carboxylic acids is 1. The summed E-state index contributed by atoms with van der Waals surface area (Å²) in [5.74, 6) is 0.788. The largest absolute Gasteiger partial charge is 0.478 e. The standard InChI is InChI=1S/C15H16O2S/c1-10(2)9-18-14-8-7-13(15(16)17)11-5-3-4-6-12(11)14/h3-8,10H,9H2,1-2H3,(H,16,17). The molecule has 0 aliphatic rings. The van der Waals surface area contributed by atoms with Crippen molar-refractivity contribution in [2.45, 2.75) is 18.7 Å².